The third kappa shape index (κ3) is 4.55. The van der Waals surface area contributed by atoms with E-state index in [4.69, 9.17) is 5.73 Å². The number of carbonyl (C=O) groups is 1. The first-order valence-electron chi connectivity index (χ1n) is 7.88. The van der Waals surface area contributed by atoms with E-state index in [2.05, 4.69) is 22.3 Å². The number of nitrogens with two attached hydrogens (primary N) is 1. The molecular weight excluding hydrogens is 262 g/mol. The van der Waals surface area contributed by atoms with Crippen LogP contribution in [0, 0.1) is 0 Å². The highest BCUT2D eigenvalue weighted by molar-refractivity contribution is 5.81. The smallest absolute Gasteiger partial charge is 0.237 e. The molecule has 0 heterocycles. The molecule has 1 unspecified atom stereocenters. The highest BCUT2D eigenvalue weighted by atomic mass is 16.2. The van der Waals surface area contributed by atoms with Gasteiger partial charge in [0.05, 0.1) is 6.04 Å². The van der Waals surface area contributed by atoms with Crippen molar-refractivity contribution < 1.29 is 4.79 Å². The SMILES string of the molecule is CC(C(=O)NC1CCCC1)N(C)Cc1ccc(CN)cc1. The standard InChI is InChI=1S/C17H27N3O/c1-13(17(21)19-16-5-3-4-6-16)20(2)12-15-9-7-14(11-18)8-10-15/h7-10,13,16H,3-6,11-12,18H2,1-2H3,(H,19,21). The first-order chi connectivity index (χ1) is 10.1. The van der Waals surface area contributed by atoms with E-state index in [-0.39, 0.29) is 11.9 Å². The minimum atomic E-state index is -0.111. The Kier molecular flexibility index (Phi) is 5.76. The van der Waals surface area contributed by atoms with Gasteiger partial charge in [0.1, 0.15) is 0 Å². The minimum Gasteiger partial charge on any atom is -0.352 e. The first kappa shape index (κ1) is 16.0. The topological polar surface area (TPSA) is 58.4 Å². The van der Waals surface area contributed by atoms with Crippen LogP contribution in [-0.4, -0.2) is 29.9 Å². The molecule has 1 aliphatic rings. The molecule has 1 saturated carbocycles. The fourth-order valence-corrected chi connectivity index (χ4v) is 2.80. The van der Waals surface area contributed by atoms with E-state index in [0.717, 1.165) is 24.9 Å². The van der Waals surface area contributed by atoms with Crippen molar-refractivity contribution in [3.05, 3.63) is 35.4 Å². The Labute approximate surface area is 127 Å². The number of benzene rings is 1. The van der Waals surface area contributed by atoms with Crippen LogP contribution < -0.4 is 11.1 Å². The fraction of sp³-hybridized carbons (Fsp3) is 0.588. The average molecular weight is 289 g/mol. The summed E-state index contributed by atoms with van der Waals surface area (Å²) in [5.74, 6) is 0.142. The average Bonchev–Trinajstić information content (AvgIpc) is 3.00. The maximum atomic E-state index is 12.3. The molecule has 21 heavy (non-hydrogen) atoms. The van der Waals surface area contributed by atoms with Gasteiger partial charge in [0, 0.05) is 19.1 Å². The van der Waals surface area contributed by atoms with Crippen LogP contribution >= 0.6 is 0 Å². The van der Waals surface area contributed by atoms with Crippen molar-refractivity contribution in [3.8, 4) is 0 Å². The Morgan fingerprint density at radius 3 is 2.43 bits per heavy atom. The summed E-state index contributed by atoms with van der Waals surface area (Å²) in [6.45, 7) is 3.30. The predicted molar refractivity (Wildman–Crippen MR) is 85.7 cm³/mol. The van der Waals surface area contributed by atoms with Crippen LogP contribution in [0.4, 0.5) is 0 Å². The van der Waals surface area contributed by atoms with Gasteiger partial charge in [-0.2, -0.15) is 0 Å². The molecule has 1 atom stereocenters. The van der Waals surface area contributed by atoms with Gasteiger partial charge in [0.2, 0.25) is 5.91 Å². The molecule has 4 heteroatoms. The Bertz CT molecular complexity index is 452. The molecule has 0 spiro atoms. The summed E-state index contributed by atoms with van der Waals surface area (Å²) in [4.78, 5) is 14.3. The van der Waals surface area contributed by atoms with E-state index in [0.29, 0.717) is 12.6 Å². The van der Waals surface area contributed by atoms with Crippen molar-refractivity contribution >= 4 is 5.91 Å². The summed E-state index contributed by atoms with van der Waals surface area (Å²) in [5, 5.41) is 3.17. The van der Waals surface area contributed by atoms with Gasteiger partial charge >= 0.3 is 0 Å². The van der Waals surface area contributed by atoms with Gasteiger partial charge in [0.15, 0.2) is 0 Å². The molecule has 0 saturated heterocycles. The maximum absolute atomic E-state index is 12.3. The van der Waals surface area contributed by atoms with Crippen LogP contribution in [-0.2, 0) is 17.9 Å². The second-order valence-electron chi connectivity index (χ2n) is 6.10. The monoisotopic (exact) mass is 289 g/mol. The number of amides is 1. The largest absolute Gasteiger partial charge is 0.352 e. The Morgan fingerprint density at radius 1 is 1.29 bits per heavy atom. The molecule has 116 valence electrons. The number of likely N-dealkylation sites (N-methyl/N-ethyl adjacent to an activating group) is 1. The number of hydrogen-bond donors (Lipinski definition) is 2. The van der Waals surface area contributed by atoms with Crippen LogP contribution in [0.25, 0.3) is 0 Å². The van der Waals surface area contributed by atoms with Gasteiger partial charge in [0.25, 0.3) is 0 Å². The molecule has 2 rings (SSSR count). The van der Waals surface area contributed by atoms with Crippen molar-refractivity contribution in [2.75, 3.05) is 7.05 Å². The molecule has 3 N–H and O–H groups in total. The second-order valence-corrected chi connectivity index (χ2v) is 6.10. The first-order valence-corrected chi connectivity index (χ1v) is 7.88. The lowest BCUT2D eigenvalue weighted by molar-refractivity contribution is -0.126. The Morgan fingerprint density at radius 2 is 1.86 bits per heavy atom. The predicted octanol–water partition coefficient (Wildman–Crippen LogP) is 2.02. The zero-order valence-electron chi connectivity index (χ0n) is 13.1. The molecule has 0 bridgehead atoms. The third-order valence-electron chi connectivity index (χ3n) is 4.43. The normalized spacial score (nSPS) is 17.1. The van der Waals surface area contributed by atoms with Crippen molar-refractivity contribution in [1.82, 2.24) is 10.2 Å². The van der Waals surface area contributed by atoms with Gasteiger partial charge in [-0.15, -0.1) is 0 Å². The number of carbonyl (C=O) groups excluding carboxylic acids is 1. The lowest BCUT2D eigenvalue weighted by atomic mass is 10.1. The Hall–Kier alpha value is -1.39. The van der Waals surface area contributed by atoms with Gasteiger partial charge < -0.3 is 11.1 Å². The number of nitrogens with one attached hydrogen (secondary N) is 1. The van der Waals surface area contributed by atoms with Crippen molar-refractivity contribution in [2.24, 2.45) is 5.73 Å². The summed E-state index contributed by atoms with van der Waals surface area (Å²) >= 11 is 0. The van der Waals surface area contributed by atoms with Crippen molar-refractivity contribution in [3.63, 3.8) is 0 Å². The van der Waals surface area contributed by atoms with Gasteiger partial charge in [-0.1, -0.05) is 37.1 Å². The fourth-order valence-electron chi connectivity index (χ4n) is 2.80. The van der Waals surface area contributed by atoms with Gasteiger partial charge in [-0.3, -0.25) is 9.69 Å². The van der Waals surface area contributed by atoms with E-state index in [1.807, 2.05) is 26.1 Å². The lowest BCUT2D eigenvalue weighted by Crippen LogP contribution is -2.46. The number of nitrogens with zero attached hydrogens (tertiary/aromatic N) is 1. The summed E-state index contributed by atoms with van der Waals surface area (Å²) in [6.07, 6.45) is 4.73. The van der Waals surface area contributed by atoms with Crippen LogP contribution in [0.3, 0.4) is 0 Å². The Balaban J connectivity index is 1.85. The molecule has 0 aliphatic heterocycles. The second kappa shape index (κ2) is 7.57. The van der Waals surface area contributed by atoms with Crippen molar-refractivity contribution in [2.45, 2.75) is 57.8 Å². The highest BCUT2D eigenvalue weighted by Gasteiger charge is 2.23. The van der Waals surface area contributed by atoms with Crippen LogP contribution in [0.1, 0.15) is 43.7 Å². The molecule has 1 aliphatic carbocycles. The quantitative estimate of drug-likeness (QED) is 0.842. The van der Waals surface area contributed by atoms with Gasteiger partial charge in [-0.25, -0.2) is 0 Å². The summed E-state index contributed by atoms with van der Waals surface area (Å²) in [7, 11) is 2.00. The van der Waals surface area contributed by atoms with E-state index in [1.54, 1.807) is 0 Å². The zero-order chi connectivity index (χ0) is 15.2. The zero-order valence-corrected chi connectivity index (χ0v) is 13.1. The molecular formula is C17H27N3O. The van der Waals surface area contributed by atoms with Crippen LogP contribution in [0.2, 0.25) is 0 Å². The molecule has 1 fully saturated rings. The minimum absolute atomic E-state index is 0.111. The van der Waals surface area contributed by atoms with E-state index in [1.165, 1.54) is 18.4 Å². The highest BCUT2D eigenvalue weighted by Crippen LogP contribution is 2.18. The third-order valence-corrected chi connectivity index (χ3v) is 4.43. The van der Waals surface area contributed by atoms with Gasteiger partial charge in [-0.05, 0) is 37.9 Å². The van der Waals surface area contributed by atoms with Crippen LogP contribution in [0.15, 0.2) is 24.3 Å². The molecule has 1 aromatic rings. The number of hydrogen-bond acceptors (Lipinski definition) is 3. The molecule has 0 radical (unpaired) electrons. The van der Waals surface area contributed by atoms with E-state index < -0.39 is 0 Å². The molecule has 0 aromatic heterocycles. The summed E-state index contributed by atoms with van der Waals surface area (Å²) in [6, 6.07) is 8.54. The maximum Gasteiger partial charge on any atom is 0.237 e. The molecule has 4 nitrogen and oxygen atoms in total. The number of rotatable bonds is 6. The lowest BCUT2D eigenvalue weighted by Gasteiger charge is -2.25. The summed E-state index contributed by atoms with van der Waals surface area (Å²) < 4.78 is 0. The van der Waals surface area contributed by atoms with E-state index in [9.17, 15) is 4.79 Å². The van der Waals surface area contributed by atoms with Crippen molar-refractivity contribution in [1.29, 1.82) is 0 Å². The van der Waals surface area contributed by atoms with Crippen LogP contribution in [0.5, 0.6) is 0 Å². The van der Waals surface area contributed by atoms with E-state index >= 15 is 0 Å². The summed E-state index contributed by atoms with van der Waals surface area (Å²) in [5.41, 5.74) is 7.94. The molecule has 1 aromatic carbocycles. The molecule has 1 amide bonds.